The zero-order valence-corrected chi connectivity index (χ0v) is 18.7. The Balaban J connectivity index is 2.06. The summed E-state index contributed by atoms with van der Waals surface area (Å²) in [6, 6.07) is 7.41. The fourth-order valence-electron chi connectivity index (χ4n) is 2.76. The van der Waals surface area contributed by atoms with Crippen LogP contribution in [0.15, 0.2) is 24.3 Å². The third-order valence-electron chi connectivity index (χ3n) is 4.86. The highest BCUT2D eigenvalue weighted by molar-refractivity contribution is 7.18. The van der Waals surface area contributed by atoms with Crippen molar-refractivity contribution in [2.45, 2.75) is 52.5 Å². The predicted molar refractivity (Wildman–Crippen MR) is 119 cm³/mol. The van der Waals surface area contributed by atoms with E-state index >= 15 is 0 Å². The van der Waals surface area contributed by atoms with Crippen LogP contribution in [-0.4, -0.2) is 42.1 Å². The van der Waals surface area contributed by atoms with E-state index in [-0.39, 0.29) is 17.7 Å². The monoisotopic (exact) mass is 417 g/mol. The van der Waals surface area contributed by atoms with Gasteiger partial charge in [-0.15, -0.1) is 10.2 Å². The summed E-state index contributed by atoms with van der Waals surface area (Å²) in [5.74, 6) is -0.326. The van der Waals surface area contributed by atoms with Crippen LogP contribution in [0.3, 0.4) is 0 Å². The average Bonchev–Trinajstić information content (AvgIpc) is 3.18. The minimum atomic E-state index is -0.587. The first kappa shape index (κ1) is 22.8. The molecule has 2 unspecified atom stereocenters. The molecule has 0 spiro atoms. The van der Waals surface area contributed by atoms with Crippen molar-refractivity contribution in [1.29, 1.82) is 0 Å². The van der Waals surface area contributed by atoms with Crippen LogP contribution in [0.4, 0.5) is 10.8 Å². The van der Waals surface area contributed by atoms with Crippen molar-refractivity contribution in [2.24, 2.45) is 5.92 Å². The molecule has 2 atom stereocenters. The first-order valence-corrected chi connectivity index (χ1v) is 10.9. The Kier molecular flexibility index (Phi) is 8.57. The topological polar surface area (TPSA) is 87.2 Å². The normalized spacial score (nSPS) is 12.9. The molecule has 0 radical (unpaired) electrons. The smallest absolute Gasteiger partial charge is 0.249 e. The van der Waals surface area contributed by atoms with E-state index in [1.807, 2.05) is 64.0 Å². The number of anilines is 2. The molecule has 29 heavy (non-hydrogen) atoms. The summed E-state index contributed by atoms with van der Waals surface area (Å²) in [6.45, 7) is 6.00. The molecule has 0 saturated heterocycles. The largest absolute Gasteiger partial charge is 0.378 e. The molecule has 2 rings (SSSR count). The zero-order valence-electron chi connectivity index (χ0n) is 17.9. The minimum Gasteiger partial charge on any atom is -0.378 e. The maximum absolute atomic E-state index is 12.8. The molecule has 2 N–H and O–H groups in total. The lowest BCUT2D eigenvalue weighted by Crippen LogP contribution is -2.47. The van der Waals surface area contributed by atoms with E-state index < -0.39 is 6.04 Å². The molecule has 1 heterocycles. The number of nitrogens with zero attached hydrogens (tertiary/aromatic N) is 3. The molecule has 158 valence electrons. The van der Waals surface area contributed by atoms with Crippen molar-refractivity contribution in [3.63, 3.8) is 0 Å². The summed E-state index contributed by atoms with van der Waals surface area (Å²) in [7, 11) is 3.98. The summed E-state index contributed by atoms with van der Waals surface area (Å²) in [5.41, 5.74) is 2.04. The van der Waals surface area contributed by atoms with Gasteiger partial charge in [-0.2, -0.15) is 0 Å². The van der Waals surface area contributed by atoms with Crippen molar-refractivity contribution in [1.82, 2.24) is 15.5 Å². The third-order valence-corrected chi connectivity index (χ3v) is 5.74. The SMILES string of the molecule is CCCCC(=O)NC(C(=O)Nc1nnc(-c2ccc(N(C)C)cc2)s1)C(C)CC. The highest BCUT2D eigenvalue weighted by Crippen LogP contribution is 2.28. The Hall–Kier alpha value is -2.48. The fourth-order valence-corrected chi connectivity index (χ4v) is 3.51. The number of carbonyl (C=O) groups excluding carboxylic acids is 2. The minimum absolute atomic E-state index is 0.0200. The lowest BCUT2D eigenvalue weighted by atomic mass is 9.98. The number of benzene rings is 1. The van der Waals surface area contributed by atoms with Crippen LogP contribution in [-0.2, 0) is 9.59 Å². The number of unbranched alkanes of at least 4 members (excludes halogenated alkanes) is 1. The van der Waals surface area contributed by atoms with E-state index in [2.05, 4.69) is 20.8 Å². The van der Waals surface area contributed by atoms with Crippen LogP contribution in [0.5, 0.6) is 0 Å². The number of amides is 2. The van der Waals surface area contributed by atoms with E-state index in [1.54, 1.807) is 0 Å². The quantitative estimate of drug-likeness (QED) is 0.612. The van der Waals surface area contributed by atoms with Crippen LogP contribution < -0.4 is 15.5 Å². The van der Waals surface area contributed by atoms with Crippen LogP contribution >= 0.6 is 11.3 Å². The Labute approximate surface area is 176 Å². The maximum atomic E-state index is 12.8. The van der Waals surface area contributed by atoms with Crippen LogP contribution in [0, 0.1) is 5.92 Å². The van der Waals surface area contributed by atoms with Gasteiger partial charge in [0.1, 0.15) is 11.0 Å². The van der Waals surface area contributed by atoms with Gasteiger partial charge in [-0.05, 0) is 36.6 Å². The molecular formula is C21H31N5O2S. The van der Waals surface area contributed by atoms with E-state index in [0.717, 1.165) is 35.5 Å². The molecule has 8 heteroatoms. The standard InChI is InChI=1S/C21H31N5O2S/c1-6-8-9-17(27)22-18(14(3)7-2)19(28)23-21-25-24-20(29-21)15-10-12-16(13-11-15)26(4)5/h10-14,18H,6-9H2,1-5H3,(H,22,27)(H,23,25,28). The van der Waals surface area contributed by atoms with Gasteiger partial charge in [0, 0.05) is 31.8 Å². The van der Waals surface area contributed by atoms with Crippen molar-refractivity contribution in [3.05, 3.63) is 24.3 Å². The Morgan fingerprint density at radius 3 is 2.41 bits per heavy atom. The second-order valence-electron chi connectivity index (χ2n) is 7.38. The van der Waals surface area contributed by atoms with Crippen molar-refractivity contribution < 1.29 is 9.59 Å². The second-order valence-corrected chi connectivity index (χ2v) is 8.35. The van der Waals surface area contributed by atoms with Gasteiger partial charge in [-0.1, -0.05) is 44.9 Å². The number of hydrogen-bond acceptors (Lipinski definition) is 6. The van der Waals surface area contributed by atoms with E-state index in [4.69, 9.17) is 0 Å². The molecule has 0 aliphatic heterocycles. The molecule has 2 aromatic rings. The molecule has 0 bridgehead atoms. The molecule has 1 aromatic heterocycles. The Bertz CT molecular complexity index is 804. The zero-order chi connectivity index (χ0) is 21.4. The molecule has 0 aliphatic rings. The number of rotatable bonds is 10. The second kappa shape index (κ2) is 10.9. The van der Waals surface area contributed by atoms with E-state index in [9.17, 15) is 9.59 Å². The fraction of sp³-hybridized carbons (Fsp3) is 0.524. The third kappa shape index (κ3) is 6.52. The number of hydrogen-bond donors (Lipinski definition) is 2. The first-order valence-electron chi connectivity index (χ1n) is 10.1. The molecule has 1 aromatic carbocycles. The Morgan fingerprint density at radius 1 is 1.14 bits per heavy atom. The maximum Gasteiger partial charge on any atom is 0.249 e. The summed E-state index contributed by atoms with van der Waals surface area (Å²) in [5, 5.41) is 15.2. The van der Waals surface area contributed by atoms with Crippen LogP contribution in [0.25, 0.3) is 10.6 Å². The van der Waals surface area contributed by atoms with E-state index in [1.165, 1.54) is 11.3 Å². The van der Waals surface area contributed by atoms with Crippen LogP contribution in [0.2, 0.25) is 0 Å². The van der Waals surface area contributed by atoms with E-state index in [0.29, 0.717) is 11.6 Å². The predicted octanol–water partition coefficient (Wildman–Crippen LogP) is 3.93. The molecule has 0 aliphatic carbocycles. The highest BCUT2D eigenvalue weighted by Gasteiger charge is 2.26. The summed E-state index contributed by atoms with van der Waals surface area (Å²) in [6.07, 6.45) is 2.97. The van der Waals surface area contributed by atoms with Crippen molar-refractivity contribution in [2.75, 3.05) is 24.3 Å². The highest BCUT2D eigenvalue weighted by atomic mass is 32.1. The number of nitrogens with one attached hydrogen (secondary N) is 2. The molecule has 0 saturated carbocycles. The molecule has 0 fully saturated rings. The molecular weight excluding hydrogens is 386 g/mol. The van der Waals surface area contributed by atoms with Crippen molar-refractivity contribution in [3.8, 4) is 10.6 Å². The van der Waals surface area contributed by atoms with Gasteiger partial charge in [0.2, 0.25) is 16.9 Å². The lowest BCUT2D eigenvalue weighted by Gasteiger charge is -2.22. The van der Waals surface area contributed by atoms with Gasteiger partial charge in [0.15, 0.2) is 0 Å². The van der Waals surface area contributed by atoms with Crippen LogP contribution in [0.1, 0.15) is 46.5 Å². The van der Waals surface area contributed by atoms with Gasteiger partial charge in [-0.25, -0.2) is 0 Å². The summed E-state index contributed by atoms with van der Waals surface area (Å²) >= 11 is 1.32. The number of carbonyl (C=O) groups is 2. The van der Waals surface area contributed by atoms with Gasteiger partial charge < -0.3 is 10.2 Å². The average molecular weight is 418 g/mol. The first-order chi connectivity index (χ1) is 13.8. The molecule has 7 nitrogen and oxygen atoms in total. The van der Waals surface area contributed by atoms with Gasteiger partial charge in [0.25, 0.3) is 0 Å². The van der Waals surface area contributed by atoms with Gasteiger partial charge in [-0.3, -0.25) is 14.9 Å². The van der Waals surface area contributed by atoms with Gasteiger partial charge in [0.05, 0.1) is 0 Å². The van der Waals surface area contributed by atoms with Gasteiger partial charge >= 0.3 is 0 Å². The Morgan fingerprint density at radius 2 is 1.83 bits per heavy atom. The number of aromatic nitrogens is 2. The summed E-state index contributed by atoms with van der Waals surface area (Å²) in [4.78, 5) is 27.0. The van der Waals surface area contributed by atoms with Crippen molar-refractivity contribution >= 4 is 34.0 Å². The molecule has 2 amide bonds. The summed E-state index contributed by atoms with van der Waals surface area (Å²) < 4.78 is 0. The lowest BCUT2D eigenvalue weighted by molar-refractivity contribution is -0.127.